The Morgan fingerprint density at radius 3 is 2.89 bits per heavy atom. The van der Waals surface area contributed by atoms with Crippen LogP contribution in [0.25, 0.3) is 10.9 Å². The van der Waals surface area contributed by atoms with Crippen molar-refractivity contribution in [1.29, 1.82) is 0 Å². The van der Waals surface area contributed by atoms with Gasteiger partial charge in [-0.1, -0.05) is 0 Å². The SMILES string of the molecule is COc1ccc2nc(CCC(=O)O)nc(N)c2c1. The molecule has 0 spiro atoms. The Morgan fingerprint density at radius 2 is 2.22 bits per heavy atom. The minimum atomic E-state index is -0.882. The van der Waals surface area contributed by atoms with E-state index in [1.807, 2.05) is 0 Å². The average molecular weight is 247 g/mol. The monoisotopic (exact) mass is 247 g/mol. The zero-order valence-corrected chi connectivity index (χ0v) is 9.88. The maximum Gasteiger partial charge on any atom is 0.303 e. The van der Waals surface area contributed by atoms with E-state index in [1.165, 1.54) is 0 Å². The fourth-order valence-corrected chi connectivity index (χ4v) is 1.64. The first-order valence-electron chi connectivity index (χ1n) is 5.42. The predicted molar refractivity (Wildman–Crippen MR) is 66.5 cm³/mol. The van der Waals surface area contributed by atoms with Gasteiger partial charge in [-0.25, -0.2) is 9.97 Å². The van der Waals surface area contributed by atoms with Crippen LogP contribution in [0.3, 0.4) is 0 Å². The highest BCUT2D eigenvalue weighted by atomic mass is 16.5. The van der Waals surface area contributed by atoms with Crippen LogP contribution in [0.2, 0.25) is 0 Å². The van der Waals surface area contributed by atoms with Gasteiger partial charge in [-0.15, -0.1) is 0 Å². The normalized spacial score (nSPS) is 10.5. The van der Waals surface area contributed by atoms with E-state index in [-0.39, 0.29) is 12.8 Å². The molecule has 1 heterocycles. The molecule has 0 unspecified atom stereocenters. The lowest BCUT2D eigenvalue weighted by molar-refractivity contribution is -0.137. The summed E-state index contributed by atoms with van der Waals surface area (Å²) in [6, 6.07) is 5.30. The second-order valence-corrected chi connectivity index (χ2v) is 3.80. The van der Waals surface area contributed by atoms with Crippen LogP contribution in [0.1, 0.15) is 12.2 Å². The Kier molecular flexibility index (Phi) is 3.27. The van der Waals surface area contributed by atoms with Crippen molar-refractivity contribution >= 4 is 22.7 Å². The molecule has 0 aliphatic heterocycles. The van der Waals surface area contributed by atoms with Crippen LogP contribution < -0.4 is 10.5 Å². The third kappa shape index (κ3) is 2.48. The number of carbonyl (C=O) groups is 1. The first-order chi connectivity index (χ1) is 8.60. The smallest absolute Gasteiger partial charge is 0.303 e. The number of nitrogen functional groups attached to an aromatic ring is 1. The summed E-state index contributed by atoms with van der Waals surface area (Å²) in [5, 5.41) is 9.32. The van der Waals surface area contributed by atoms with Crippen molar-refractivity contribution < 1.29 is 14.6 Å². The fraction of sp³-hybridized carbons (Fsp3) is 0.250. The van der Waals surface area contributed by atoms with Gasteiger partial charge in [0.2, 0.25) is 0 Å². The molecule has 2 rings (SSSR count). The van der Waals surface area contributed by atoms with Crippen molar-refractivity contribution in [3.63, 3.8) is 0 Å². The summed E-state index contributed by atoms with van der Waals surface area (Å²) < 4.78 is 5.10. The van der Waals surface area contributed by atoms with Crippen molar-refractivity contribution in [2.75, 3.05) is 12.8 Å². The standard InChI is InChI=1S/C12H13N3O3/c1-18-7-2-3-9-8(6-7)12(13)15-10(14-9)4-5-11(16)17/h2-3,6H,4-5H2,1H3,(H,16,17)(H2,13,14,15). The van der Waals surface area contributed by atoms with Gasteiger partial charge in [-0.05, 0) is 18.2 Å². The van der Waals surface area contributed by atoms with Crippen molar-refractivity contribution in [1.82, 2.24) is 9.97 Å². The van der Waals surface area contributed by atoms with Crippen LogP contribution in [-0.4, -0.2) is 28.2 Å². The summed E-state index contributed by atoms with van der Waals surface area (Å²) in [4.78, 5) is 18.9. The number of methoxy groups -OCH3 is 1. The minimum Gasteiger partial charge on any atom is -0.497 e. The van der Waals surface area contributed by atoms with Crippen LogP contribution in [-0.2, 0) is 11.2 Å². The molecule has 0 bridgehead atoms. The molecule has 3 N–H and O–H groups in total. The van der Waals surface area contributed by atoms with Gasteiger partial charge in [-0.3, -0.25) is 4.79 Å². The molecule has 0 amide bonds. The van der Waals surface area contributed by atoms with E-state index in [0.717, 1.165) is 0 Å². The zero-order valence-electron chi connectivity index (χ0n) is 9.88. The topological polar surface area (TPSA) is 98.3 Å². The number of anilines is 1. The Balaban J connectivity index is 2.40. The van der Waals surface area contributed by atoms with Gasteiger partial charge in [-0.2, -0.15) is 0 Å². The van der Waals surface area contributed by atoms with Crippen LogP contribution in [0.5, 0.6) is 5.75 Å². The average Bonchev–Trinajstić information content (AvgIpc) is 2.36. The summed E-state index contributed by atoms with van der Waals surface area (Å²) in [5.74, 6) is 0.565. The number of benzene rings is 1. The largest absolute Gasteiger partial charge is 0.497 e. The predicted octanol–water partition coefficient (Wildman–Crippen LogP) is 1.24. The number of hydrogen-bond donors (Lipinski definition) is 2. The van der Waals surface area contributed by atoms with E-state index in [4.69, 9.17) is 15.6 Å². The number of aromatic nitrogens is 2. The summed E-state index contributed by atoms with van der Waals surface area (Å²) in [6.45, 7) is 0. The van der Waals surface area contributed by atoms with E-state index < -0.39 is 5.97 Å². The maximum absolute atomic E-state index is 10.5. The van der Waals surface area contributed by atoms with Gasteiger partial charge < -0.3 is 15.6 Å². The number of ether oxygens (including phenoxy) is 1. The number of rotatable bonds is 4. The van der Waals surface area contributed by atoms with Gasteiger partial charge >= 0.3 is 5.97 Å². The summed E-state index contributed by atoms with van der Waals surface area (Å²) in [7, 11) is 1.57. The molecule has 1 aromatic heterocycles. The maximum atomic E-state index is 10.5. The number of carboxylic acids is 1. The first-order valence-corrected chi connectivity index (χ1v) is 5.42. The third-order valence-corrected chi connectivity index (χ3v) is 2.54. The molecule has 18 heavy (non-hydrogen) atoms. The second-order valence-electron chi connectivity index (χ2n) is 3.80. The molecular formula is C12H13N3O3. The summed E-state index contributed by atoms with van der Waals surface area (Å²) >= 11 is 0. The highest BCUT2D eigenvalue weighted by Crippen LogP contribution is 2.23. The molecule has 0 saturated heterocycles. The number of carboxylic acid groups (broad SMARTS) is 1. The Hall–Kier alpha value is -2.37. The van der Waals surface area contributed by atoms with Crippen molar-refractivity contribution in [3.8, 4) is 5.75 Å². The molecule has 94 valence electrons. The van der Waals surface area contributed by atoms with Crippen LogP contribution in [0.15, 0.2) is 18.2 Å². The minimum absolute atomic E-state index is 0.0128. The van der Waals surface area contributed by atoms with E-state index in [2.05, 4.69) is 9.97 Å². The van der Waals surface area contributed by atoms with E-state index in [9.17, 15) is 4.79 Å². The quantitative estimate of drug-likeness (QED) is 0.843. The lowest BCUT2D eigenvalue weighted by Crippen LogP contribution is -2.04. The van der Waals surface area contributed by atoms with Gasteiger partial charge in [0.05, 0.1) is 19.0 Å². The zero-order chi connectivity index (χ0) is 13.1. The summed E-state index contributed by atoms with van der Waals surface area (Å²) in [5.41, 5.74) is 6.52. The molecule has 0 saturated carbocycles. The molecule has 0 radical (unpaired) electrons. The Bertz CT molecular complexity index is 598. The first kappa shape index (κ1) is 12.1. The number of aliphatic carboxylic acids is 1. The number of aryl methyl sites for hydroxylation is 1. The van der Waals surface area contributed by atoms with E-state index >= 15 is 0 Å². The lowest BCUT2D eigenvalue weighted by atomic mass is 10.2. The number of hydrogen-bond acceptors (Lipinski definition) is 5. The van der Waals surface area contributed by atoms with E-state index in [0.29, 0.717) is 28.3 Å². The van der Waals surface area contributed by atoms with Gasteiger partial charge in [0.15, 0.2) is 0 Å². The van der Waals surface area contributed by atoms with Crippen LogP contribution in [0, 0.1) is 0 Å². The van der Waals surface area contributed by atoms with Crippen molar-refractivity contribution in [2.24, 2.45) is 0 Å². The van der Waals surface area contributed by atoms with Gasteiger partial charge in [0, 0.05) is 11.8 Å². The molecule has 1 aromatic carbocycles. The molecule has 0 aliphatic carbocycles. The third-order valence-electron chi connectivity index (χ3n) is 2.54. The molecule has 6 nitrogen and oxygen atoms in total. The highest BCUT2D eigenvalue weighted by molar-refractivity contribution is 5.89. The second kappa shape index (κ2) is 4.87. The molecule has 0 atom stereocenters. The van der Waals surface area contributed by atoms with Crippen LogP contribution in [0.4, 0.5) is 5.82 Å². The number of nitrogens with two attached hydrogens (primary N) is 1. The highest BCUT2D eigenvalue weighted by Gasteiger charge is 2.08. The number of nitrogens with zero attached hydrogens (tertiary/aromatic N) is 2. The fourth-order valence-electron chi connectivity index (χ4n) is 1.64. The summed E-state index contributed by atoms with van der Waals surface area (Å²) in [6.07, 6.45) is 0.253. The van der Waals surface area contributed by atoms with E-state index in [1.54, 1.807) is 25.3 Å². The van der Waals surface area contributed by atoms with Crippen molar-refractivity contribution in [2.45, 2.75) is 12.8 Å². The molecule has 6 heteroatoms. The Labute approximate surface area is 103 Å². The van der Waals surface area contributed by atoms with Gasteiger partial charge in [0.1, 0.15) is 17.4 Å². The van der Waals surface area contributed by atoms with Crippen molar-refractivity contribution in [3.05, 3.63) is 24.0 Å². The molecular weight excluding hydrogens is 234 g/mol. The lowest BCUT2D eigenvalue weighted by Gasteiger charge is -2.06. The Morgan fingerprint density at radius 1 is 1.44 bits per heavy atom. The van der Waals surface area contributed by atoms with Gasteiger partial charge in [0.25, 0.3) is 0 Å². The molecule has 2 aromatic rings. The number of fused-ring (bicyclic) bond motifs is 1. The van der Waals surface area contributed by atoms with Crippen LogP contribution >= 0.6 is 0 Å². The molecule has 0 fully saturated rings. The molecule has 0 aliphatic rings.